The molecule has 1 N–H and O–H groups in total. The molecule has 0 saturated carbocycles. The fraction of sp³-hybridized carbons (Fsp3) is 0.545. The fourth-order valence-corrected chi connectivity index (χ4v) is 3.73. The van der Waals surface area contributed by atoms with Crippen molar-refractivity contribution in [3.05, 3.63) is 28.7 Å². The highest BCUT2D eigenvalue weighted by molar-refractivity contribution is 7.89. The highest BCUT2D eigenvalue weighted by atomic mass is 32.2. The number of aromatic amines is 1. The van der Waals surface area contributed by atoms with Crippen molar-refractivity contribution in [1.29, 1.82) is 0 Å². The van der Waals surface area contributed by atoms with E-state index in [9.17, 15) is 26.4 Å². The van der Waals surface area contributed by atoms with E-state index in [-0.39, 0.29) is 19.4 Å². The minimum absolute atomic E-state index is 0.0107. The molecule has 5 nitrogen and oxygen atoms in total. The molecule has 1 aromatic heterocycles. The second kappa shape index (κ2) is 5.21. The number of aromatic nitrogens is 1. The van der Waals surface area contributed by atoms with Gasteiger partial charge in [-0.3, -0.25) is 4.79 Å². The summed E-state index contributed by atoms with van der Waals surface area (Å²) in [7, 11) is -4.20. The molecule has 0 aliphatic carbocycles. The third-order valence-corrected chi connectivity index (χ3v) is 5.14. The number of hydrogen-bond acceptors (Lipinski definition) is 3. The maximum absolute atomic E-state index is 12.7. The number of hydrogen-bond donors (Lipinski definition) is 1. The molecule has 1 aliphatic heterocycles. The molecule has 2 heterocycles. The van der Waals surface area contributed by atoms with Crippen LogP contribution in [0, 0.1) is 5.92 Å². The summed E-state index contributed by atoms with van der Waals surface area (Å²) < 4.78 is 63.3. The Morgan fingerprint density at radius 1 is 1.35 bits per heavy atom. The molecule has 0 amide bonds. The van der Waals surface area contributed by atoms with Crippen LogP contribution in [0.1, 0.15) is 12.8 Å². The summed E-state index contributed by atoms with van der Waals surface area (Å²) in [5.41, 5.74) is -0.738. The van der Waals surface area contributed by atoms with Crippen LogP contribution in [-0.2, 0) is 10.0 Å². The molecule has 2 rings (SSSR count). The van der Waals surface area contributed by atoms with Gasteiger partial charge in [0.05, 0.1) is 5.92 Å². The monoisotopic (exact) mass is 310 g/mol. The van der Waals surface area contributed by atoms with Crippen LogP contribution in [0.4, 0.5) is 13.2 Å². The summed E-state index contributed by atoms with van der Waals surface area (Å²) in [6.07, 6.45) is -2.16. The van der Waals surface area contributed by atoms with Crippen LogP contribution in [0.25, 0.3) is 0 Å². The number of nitrogens with one attached hydrogen (secondary N) is 1. The fourth-order valence-electron chi connectivity index (χ4n) is 2.17. The quantitative estimate of drug-likeness (QED) is 0.896. The van der Waals surface area contributed by atoms with Crippen molar-refractivity contribution in [2.75, 3.05) is 13.1 Å². The Kier molecular flexibility index (Phi) is 3.92. The van der Waals surface area contributed by atoms with Gasteiger partial charge in [0.15, 0.2) is 0 Å². The summed E-state index contributed by atoms with van der Waals surface area (Å²) in [5, 5.41) is 0. The first kappa shape index (κ1) is 15.0. The largest absolute Gasteiger partial charge is 0.393 e. The van der Waals surface area contributed by atoms with Crippen molar-refractivity contribution in [2.45, 2.75) is 23.9 Å². The van der Waals surface area contributed by atoms with Gasteiger partial charge in [0.2, 0.25) is 15.5 Å². The van der Waals surface area contributed by atoms with Crippen LogP contribution in [0.2, 0.25) is 0 Å². The Morgan fingerprint density at radius 2 is 2.05 bits per heavy atom. The second-order valence-corrected chi connectivity index (χ2v) is 6.52. The number of sulfonamides is 1. The third-order valence-electron chi connectivity index (χ3n) is 3.25. The molecule has 1 saturated heterocycles. The van der Waals surface area contributed by atoms with Crippen LogP contribution in [-0.4, -0.2) is 37.0 Å². The minimum atomic E-state index is -4.43. The van der Waals surface area contributed by atoms with Gasteiger partial charge in [-0.15, -0.1) is 0 Å². The van der Waals surface area contributed by atoms with Gasteiger partial charge in [0.1, 0.15) is 4.90 Å². The SMILES string of the molecule is O=c1cc[nH]cc1S(=O)(=O)N1CCCC(C(F)(F)F)C1. The number of pyridine rings is 1. The summed E-state index contributed by atoms with van der Waals surface area (Å²) >= 11 is 0. The third kappa shape index (κ3) is 2.88. The van der Waals surface area contributed by atoms with Crippen molar-refractivity contribution < 1.29 is 21.6 Å². The number of nitrogens with zero attached hydrogens (tertiary/aromatic N) is 1. The molecule has 0 radical (unpaired) electrons. The van der Waals surface area contributed by atoms with E-state index >= 15 is 0 Å². The van der Waals surface area contributed by atoms with Crippen LogP contribution >= 0.6 is 0 Å². The molecule has 20 heavy (non-hydrogen) atoms. The van der Waals surface area contributed by atoms with E-state index in [1.165, 1.54) is 6.20 Å². The van der Waals surface area contributed by atoms with Crippen molar-refractivity contribution in [3.63, 3.8) is 0 Å². The van der Waals surface area contributed by atoms with E-state index in [1.54, 1.807) is 0 Å². The Bertz CT molecular complexity index is 639. The van der Waals surface area contributed by atoms with Gasteiger partial charge in [-0.25, -0.2) is 8.42 Å². The average Bonchev–Trinajstić information content (AvgIpc) is 2.38. The van der Waals surface area contributed by atoms with E-state index in [1.807, 2.05) is 0 Å². The molecular formula is C11H13F3N2O3S. The van der Waals surface area contributed by atoms with Gasteiger partial charge >= 0.3 is 6.18 Å². The normalized spacial score (nSPS) is 21.9. The number of alkyl halides is 3. The zero-order valence-corrected chi connectivity index (χ0v) is 11.2. The summed E-state index contributed by atoms with van der Waals surface area (Å²) in [6.45, 7) is -0.649. The van der Waals surface area contributed by atoms with Crippen molar-refractivity contribution in [3.8, 4) is 0 Å². The maximum Gasteiger partial charge on any atom is 0.393 e. The first-order valence-corrected chi connectivity index (χ1v) is 7.41. The van der Waals surface area contributed by atoms with Crippen molar-refractivity contribution in [2.24, 2.45) is 5.92 Å². The van der Waals surface area contributed by atoms with Crippen LogP contribution in [0.5, 0.6) is 0 Å². The lowest BCUT2D eigenvalue weighted by molar-refractivity contribution is -0.182. The van der Waals surface area contributed by atoms with E-state index in [2.05, 4.69) is 4.98 Å². The zero-order chi connectivity index (χ0) is 15.0. The molecule has 0 spiro atoms. The predicted molar refractivity (Wildman–Crippen MR) is 64.6 cm³/mol. The lowest BCUT2D eigenvalue weighted by Gasteiger charge is -2.32. The minimum Gasteiger partial charge on any atom is -0.366 e. The van der Waals surface area contributed by atoms with E-state index < -0.39 is 39.0 Å². The second-order valence-electron chi connectivity index (χ2n) is 4.62. The molecule has 1 atom stereocenters. The first-order chi connectivity index (χ1) is 9.23. The molecule has 112 valence electrons. The van der Waals surface area contributed by atoms with Crippen molar-refractivity contribution in [1.82, 2.24) is 9.29 Å². The Hall–Kier alpha value is -1.35. The van der Waals surface area contributed by atoms with Gasteiger partial charge in [0.25, 0.3) is 0 Å². The van der Waals surface area contributed by atoms with Gasteiger partial charge in [-0.1, -0.05) is 0 Å². The van der Waals surface area contributed by atoms with Gasteiger partial charge in [0, 0.05) is 31.5 Å². The van der Waals surface area contributed by atoms with Crippen LogP contribution < -0.4 is 5.43 Å². The molecule has 1 aromatic rings. The average molecular weight is 310 g/mol. The highest BCUT2D eigenvalue weighted by Crippen LogP contribution is 2.34. The molecular weight excluding hydrogens is 297 g/mol. The smallest absolute Gasteiger partial charge is 0.366 e. The lowest BCUT2D eigenvalue weighted by Crippen LogP contribution is -2.45. The number of rotatable bonds is 2. The molecule has 1 unspecified atom stereocenters. The topological polar surface area (TPSA) is 70.2 Å². The lowest BCUT2D eigenvalue weighted by atomic mass is 9.99. The summed E-state index contributed by atoms with van der Waals surface area (Å²) in [6, 6.07) is 1.03. The molecule has 0 aromatic carbocycles. The van der Waals surface area contributed by atoms with Gasteiger partial charge in [-0.2, -0.15) is 17.5 Å². The number of H-pyrrole nitrogens is 1. The number of halogens is 3. The number of piperidine rings is 1. The summed E-state index contributed by atoms with van der Waals surface area (Å²) in [5.74, 6) is -1.69. The van der Waals surface area contributed by atoms with Crippen LogP contribution in [0.3, 0.4) is 0 Å². The van der Waals surface area contributed by atoms with E-state index in [4.69, 9.17) is 0 Å². The Balaban J connectivity index is 2.31. The molecule has 1 aliphatic rings. The predicted octanol–water partition coefficient (Wildman–Crippen LogP) is 1.34. The standard InChI is InChI=1S/C11H13F3N2O3S/c12-11(13,14)8-2-1-5-16(7-8)20(18,19)10-6-15-4-3-9(10)17/h3-4,6,8H,1-2,5,7H2,(H,15,17). The van der Waals surface area contributed by atoms with Gasteiger partial charge < -0.3 is 4.98 Å². The molecule has 1 fully saturated rings. The van der Waals surface area contributed by atoms with Crippen molar-refractivity contribution >= 4 is 10.0 Å². The van der Waals surface area contributed by atoms with E-state index in [0.29, 0.717) is 0 Å². The Labute approximate surface area is 113 Å². The highest BCUT2D eigenvalue weighted by Gasteiger charge is 2.44. The first-order valence-electron chi connectivity index (χ1n) is 5.97. The zero-order valence-electron chi connectivity index (χ0n) is 10.4. The maximum atomic E-state index is 12.7. The Morgan fingerprint density at radius 3 is 2.65 bits per heavy atom. The van der Waals surface area contributed by atoms with Gasteiger partial charge in [-0.05, 0) is 12.8 Å². The van der Waals surface area contributed by atoms with E-state index in [0.717, 1.165) is 16.6 Å². The molecule has 9 heteroatoms. The molecule has 0 bridgehead atoms. The van der Waals surface area contributed by atoms with Crippen LogP contribution in [0.15, 0.2) is 28.2 Å². The summed E-state index contributed by atoms with van der Waals surface area (Å²) in [4.78, 5) is 13.5.